The Morgan fingerprint density at radius 2 is 1.76 bits per heavy atom. The summed E-state index contributed by atoms with van der Waals surface area (Å²) in [5, 5.41) is 5.37. The van der Waals surface area contributed by atoms with Crippen LogP contribution in [-0.2, 0) is 10.0 Å². The van der Waals surface area contributed by atoms with Gasteiger partial charge in [-0.15, -0.1) is 0 Å². The highest BCUT2D eigenvalue weighted by Crippen LogP contribution is 2.30. The van der Waals surface area contributed by atoms with E-state index in [4.69, 9.17) is 0 Å². The van der Waals surface area contributed by atoms with E-state index in [2.05, 4.69) is 25.0 Å². The van der Waals surface area contributed by atoms with Gasteiger partial charge in [0.1, 0.15) is 0 Å². The minimum Gasteiger partial charge on any atom is -0.433 e. The van der Waals surface area contributed by atoms with Crippen LogP contribution in [0.1, 0.15) is 10.4 Å². The molecule has 0 unspecified atom stereocenters. The standard InChI is InChI=1S/C24H17N5O3S2/c30-23(27-17-5-7-18(8-6-17)34(31,32)29-24-26-13-14-33-24)20-15-22(16-9-11-25-12-10-16)28-21-4-2-1-3-19(20)21/h1-15H,(H2,26,27,29,30). The molecule has 0 saturated heterocycles. The Labute approximate surface area is 199 Å². The summed E-state index contributed by atoms with van der Waals surface area (Å²) in [5.74, 6) is -0.328. The van der Waals surface area contributed by atoms with Crippen molar-refractivity contribution in [2.45, 2.75) is 4.90 Å². The molecule has 0 spiro atoms. The molecule has 0 aliphatic rings. The fourth-order valence-corrected chi connectivity index (χ4v) is 5.06. The average molecular weight is 488 g/mol. The van der Waals surface area contributed by atoms with E-state index in [0.29, 0.717) is 27.8 Å². The van der Waals surface area contributed by atoms with Crippen LogP contribution >= 0.6 is 11.3 Å². The van der Waals surface area contributed by atoms with E-state index in [-0.39, 0.29) is 15.9 Å². The predicted molar refractivity (Wildman–Crippen MR) is 130 cm³/mol. The highest BCUT2D eigenvalue weighted by molar-refractivity contribution is 7.94. The van der Waals surface area contributed by atoms with E-state index in [1.807, 2.05) is 36.4 Å². The summed E-state index contributed by atoms with van der Waals surface area (Å²) in [5.41, 5.74) is 3.15. The number of carbonyl (C=O) groups excluding carboxylic acids is 1. The first kappa shape index (κ1) is 21.7. The molecule has 34 heavy (non-hydrogen) atoms. The summed E-state index contributed by atoms with van der Waals surface area (Å²) >= 11 is 1.13. The molecule has 10 heteroatoms. The van der Waals surface area contributed by atoms with Crippen LogP contribution in [0.4, 0.5) is 10.8 Å². The van der Waals surface area contributed by atoms with Gasteiger partial charge in [0.25, 0.3) is 5.91 Å². The summed E-state index contributed by atoms with van der Waals surface area (Å²) in [6, 6.07) is 18.8. The van der Waals surface area contributed by atoms with Gasteiger partial charge in [-0.1, -0.05) is 24.4 Å². The Hall–Kier alpha value is -4.15. The lowest BCUT2D eigenvalue weighted by atomic mass is 10.0. The van der Waals surface area contributed by atoms with Crippen molar-refractivity contribution in [1.29, 1.82) is 0 Å². The molecule has 5 aromatic rings. The summed E-state index contributed by atoms with van der Waals surface area (Å²) in [4.78, 5) is 24.8. The molecule has 0 saturated carbocycles. The number of aromatic nitrogens is 3. The Balaban J connectivity index is 1.43. The second-order valence-electron chi connectivity index (χ2n) is 7.22. The molecule has 8 nitrogen and oxygen atoms in total. The molecule has 2 N–H and O–H groups in total. The molecule has 1 amide bonds. The number of pyridine rings is 2. The van der Waals surface area contributed by atoms with E-state index in [1.54, 1.807) is 23.8 Å². The number of para-hydroxylation sites is 1. The number of carbonyl (C=O) groups is 1. The maximum atomic E-state index is 13.2. The van der Waals surface area contributed by atoms with Crippen molar-refractivity contribution in [2.24, 2.45) is 0 Å². The second-order valence-corrected chi connectivity index (χ2v) is 9.70. The molecule has 3 aromatic heterocycles. The lowest BCUT2D eigenvalue weighted by molar-refractivity contribution is -0.377. The topological polar surface area (TPSA) is 117 Å². The van der Waals surface area contributed by atoms with Gasteiger partial charge in [0.15, 0.2) is 12.4 Å². The number of hydrogen-bond acceptors (Lipinski definition) is 6. The first-order valence-electron chi connectivity index (χ1n) is 10.1. The van der Waals surface area contributed by atoms with E-state index in [0.717, 1.165) is 16.9 Å². The summed E-state index contributed by atoms with van der Waals surface area (Å²) < 4.78 is 28.7. The van der Waals surface area contributed by atoms with Gasteiger partial charge in [0.2, 0.25) is 10.0 Å². The number of benzene rings is 2. The van der Waals surface area contributed by atoms with Crippen molar-refractivity contribution in [3.8, 4) is 11.3 Å². The molecule has 168 valence electrons. The van der Waals surface area contributed by atoms with Crippen molar-refractivity contribution in [3.05, 3.63) is 101 Å². The van der Waals surface area contributed by atoms with Crippen molar-refractivity contribution < 1.29 is 18.2 Å². The van der Waals surface area contributed by atoms with Gasteiger partial charge >= 0.3 is 0 Å². The molecule has 5 rings (SSSR count). The maximum Gasteiger partial charge on any atom is 0.256 e. The number of nitrogens with zero attached hydrogens (tertiary/aromatic N) is 3. The lowest BCUT2D eigenvalue weighted by Crippen LogP contribution is -2.13. The van der Waals surface area contributed by atoms with Gasteiger partial charge in [-0.05, 0) is 41.8 Å². The third-order valence-electron chi connectivity index (χ3n) is 5.00. The van der Waals surface area contributed by atoms with Crippen LogP contribution in [0, 0.1) is 0 Å². The Kier molecular flexibility index (Phi) is 5.74. The van der Waals surface area contributed by atoms with Crippen LogP contribution in [0.25, 0.3) is 26.9 Å². The minimum atomic E-state index is -3.90. The van der Waals surface area contributed by atoms with Gasteiger partial charge in [0, 0.05) is 33.9 Å². The Bertz CT molecular complexity index is 1570. The normalized spacial score (nSPS) is 11.3. The predicted octanol–water partition coefficient (Wildman–Crippen LogP) is 4.82. The number of anilines is 1. The fraction of sp³-hybridized carbons (Fsp3) is 0. The number of hydrogen-bond donors (Lipinski definition) is 1. The maximum absolute atomic E-state index is 13.2. The van der Waals surface area contributed by atoms with E-state index in [1.165, 1.54) is 30.5 Å². The van der Waals surface area contributed by atoms with Gasteiger partial charge in [-0.3, -0.25) is 4.79 Å². The number of nitrogens with one attached hydrogen (secondary N) is 2. The zero-order valence-electron chi connectivity index (χ0n) is 17.5. The second kappa shape index (κ2) is 9.00. The minimum absolute atomic E-state index is 0.0122. The Morgan fingerprint density at radius 3 is 2.50 bits per heavy atom. The molecule has 0 aliphatic heterocycles. The molecular formula is C24H17N5O3S2. The zero-order valence-corrected chi connectivity index (χ0v) is 19.2. The van der Waals surface area contributed by atoms with Crippen molar-refractivity contribution in [3.63, 3.8) is 0 Å². The lowest BCUT2D eigenvalue weighted by Gasteiger charge is -2.13. The van der Waals surface area contributed by atoms with Crippen molar-refractivity contribution in [1.82, 2.24) is 9.97 Å². The zero-order chi connectivity index (χ0) is 23.5. The van der Waals surface area contributed by atoms with Crippen molar-refractivity contribution in [2.75, 3.05) is 5.32 Å². The molecule has 3 heterocycles. The molecule has 0 fully saturated rings. The van der Waals surface area contributed by atoms with Crippen LogP contribution in [0.15, 0.2) is 95.6 Å². The molecule has 0 atom stereocenters. The Morgan fingerprint density at radius 1 is 1.00 bits per heavy atom. The van der Waals surface area contributed by atoms with E-state index in [9.17, 15) is 13.2 Å². The van der Waals surface area contributed by atoms with Crippen LogP contribution in [-0.4, -0.2) is 24.3 Å². The monoisotopic (exact) mass is 487 g/mol. The van der Waals surface area contributed by atoms with E-state index >= 15 is 0 Å². The average Bonchev–Trinajstić information content (AvgIpc) is 3.36. The highest BCUT2D eigenvalue weighted by atomic mass is 32.2. The van der Waals surface area contributed by atoms with Crippen LogP contribution in [0.5, 0.6) is 0 Å². The van der Waals surface area contributed by atoms with Gasteiger partial charge in [-0.2, -0.15) is 11.3 Å². The van der Waals surface area contributed by atoms with Crippen LogP contribution in [0.3, 0.4) is 0 Å². The van der Waals surface area contributed by atoms with Crippen molar-refractivity contribution >= 4 is 49.0 Å². The fourth-order valence-electron chi connectivity index (χ4n) is 3.39. The van der Waals surface area contributed by atoms with Gasteiger partial charge in [0.05, 0.1) is 21.7 Å². The third-order valence-corrected chi connectivity index (χ3v) is 7.06. The molecule has 0 bridgehead atoms. The summed E-state index contributed by atoms with van der Waals surface area (Å²) in [6.07, 6.45) is 5.08. The highest BCUT2D eigenvalue weighted by Gasteiger charge is 2.15. The number of sulfonamides is 1. The van der Waals surface area contributed by atoms with Crippen LogP contribution in [0.2, 0.25) is 0 Å². The first-order valence-corrected chi connectivity index (χ1v) is 12.5. The smallest absolute Gasteiger partial charge is 0.256 e. The number of H-pyrrole nitrogens is 1. The summed E-state index contributed by atoms with van der Waals surface area (Å²) in [6.45, 7) is 0. The quantitative estimate of drug-likeness (QED) is 0.368. The third kappa shape index (κ3) is 4.49. The molecule has 0 aliphatic carbocycles. The van der Waals surface area contributed by atoms with Crippen LogP contribution < -0.4 is 10.3 Å². The number of amides is 1. The van der Waals surface area contributed by atoms with E-state index < -0.39 is 10.0 Å². The molecular weight excluding hydrogens is 470 g/mol. The molecule has 0 radical (unpaired) electrons. The van der Waals surface area contributed by atoms with Gasteiger partial charge < -0.3 is 15.0 Å². The SMILES string of the molecule is O=C(Nc1ccc(S(=O)(=O)[N-]c2nccs2)cc1)c1cc(-c2cc[nH+]cc2)nc2ccccc12. The number of rotatable bonds is 6. The summed E-state index contributed by atoms with van der Waals surface area (Å²) in [7, 11) is -3.90. The number of fused-ring (bicyclic) bond motifs is 1. The largest absolute Gasteiger partial charge is 0.433 e. The number of thiazole rings is 1. The molecule has 2 aromatic carbocycles. The number of aromatic amines is 1. The first-order chi connectivity index (χ1) is 16.5. The van der Waals surface area contributed by atoms with Gasteiger partial charge in [-0.25, -0.2) is 18.4 Å².